The lowest BCUT2D eigenvalue weighted by atomic mass is 9.91. The number of rotatable bonds is 9. The molecule has 1 aliphatic carbocycles. The van der Waals surface area contributed by atoms with Gasteiger partial charge in [0.15, 0.2) is 11.5 Å². The van der Waals surface area contributed by atoms with Gasteiger partial charge < -0.3 is 29.7 Å². The minimum atomic E-state index is 0.404. The summed E-state index contributed by atoms with van der Waals surface area (Å²) in [5, 5.41) is 7.16. The van der Waals surface area contributed by atoms with E-state index < -0.39 is 0 Å². The van der Waals surface area contributed by atoms with Crippen molar-refractivity contribution in [2.24, 2.45) is 0 Å². The zero-order chi connectivity index (χ0) is 21.5. The third-order valence-electron chi connectivity index (χ3n) is 5.48. The molecule has 30 heavy (non-hydrogen) atoms. The molecular formula is C22H33N5O3. The Kier molecular flexibility index (Phi) is 7.57. The van der Waals surface area contributed by atoms with Crippen molar-refractivity contribution in [2.45, 2.75) is 44.3 Å². The molecule has 0 unspecified atom stereocenters. The molecule has 1 aromatic heterocycles. The van der Waals surface area contributed by atoms with Gasteiger partial charge in [-0.2, -0.15) is 4.98 Å². The molecule has 8 nitrogen and oxygen atoms in total. The molecule has 0 spiro atoms. The molecule has 1 aromatic carbocycles. The largest absolute Gasteiger partial charge is 0.493 e. The maximum atomic E-state index is 5.45. The van der Waals surface area contributed by atoms with Crippen molar-refractivity contribution >= 4 is 11.8 Å². The molecule has 0 bridgehead atoms. The highest BCUT2D eigenvalue weighted by molar-refractivity contribution is 5.53. The molecule has 3 rings (SSSR count). The molecular weight excluding hydrogens is 382 g/mol. The van der Waals surface area contributed by atoms with Gasteiger partial charge in [0.25, 0.3) is 0 Å². The second kappa shape index (κ2) is 10.3. The molecule has 0 saturated heterocycles. The van der Waals surface area contributed by atoms with Crippen LogP contribution in [0.3, 0.4) is 0 Å². The molecule has 0 amide bonds. The van der Waals surface area contributed by atoms with Crippen LogP contribution in [0.4, 0.5) is 11.8 Å². The standard InChI is InChI=1S/C22H33N5O3/c1-27(2)20-10-11-23-22(26-20)25-17-8-6-16(7-9-17)24-14-15-12-18(28-3)21(30-5)19(13-15)29-4/h10-13,16-17,24H,6-9,14H2,1-5H3,(H,23,25,26). The molecule has 0 atom stereocenters. The Morgan fingerprint density at radius 2 is 1.60 bits per heavy atom. The first-order valence-electron chi connectivity index (χ1n) is 10.3. The fourth-order valence-corrected chi connectivity index (χ4v) is 3.79. The van der Waals surface area contributed by atoms with E-state index in [1.807, 2.05) is 37.2 Å². The number of nitrogens with one attached hydrogen (secondary N) is 2. The van der Waals surface area contributed by atoms with Gasteiger partial charge >= 0.3 is 0 Å². The Labute approximate surface area is 179 Å². The topological polar surface area (TPSA) is 80.8 Å². The summed E-state index contributed by atoms with van der Waals surface area (Å²) in [5.41, 5.74) is 1.11. The Morgan fingerprint density at radius 3 is 2.17 bits per heavy atom. The van der Waals surface area contributed by atoms with Crippen molar-refractivity contribution < 1.29 is 14.2 Å². The Balaban J connectivity index is 1.51. The quantitative estimate of drug-likeness (QED) is 0.647. The highest BCUT2D eigenvalue weighted by Crippen LogP contribution is 2.38. The molecule has 8 heteroatoms. The second-order valence-corrected chi connectivity index (χ2v) is 7.74. The third-order valence-corrected chi connectivity index (χ3v) is 5.48. The van der Waals surface area contributed by atoms with Crippen LogP contribution in [0.15, 0.2) is 24.4 Å². The zero-order valence-electron chi connectivity index (χ0n) is 18.6. The number of aromatic nitrogens is 2. The van der Waals surface area contributed by atoms with Gasteiger partial charge in [-0.3, -0.25) is 0 Å². The molecule has 1 aliphatic rings. The Hall–Kier alpha value is -2.74. The summed E-state index contributed by atoms with van der Waals surface area (Å²) in [6.07, 6.45) is 6.19. The fourth-order valence-electron chi connectivity index (χ4n) is 3.79. The predicted molar refractivity (Wildman–Crippen MR) is 119 cm³/mol. The van der Waals surface area contributed by atoms with E-state index in [4.69, 9.17) is 14.2 Å². The van der Waals surface area contributed by atoms with E-state index in [2.05, 4.69) is 20.6 Å². The summed E-state index contributed by atoms with van der Waals surface area (Å²) in [7, 11) is 8.86. The van der Waals surface area contributed by atoms with Crippen molar-refractivity contribution in [3.8, 4) is 17.2 Å². The number of benzene rings is 1. The molecule has 2 aromatic rings. The molecule has 0 aliphatic heterocycles. The van der Waals surface area contributed by atoms with Crippen molar-refractivity contribution in [3.05, 3.63) is 30.0 Å². The van der Waals surface area contributed by atoms with Gasteiger partial charge in [-0.15, -0.1) is 0 Å². The van der Waals surface area contributed by atoms with Crippen LogP contribution in [0.1, 0.15) is 31.2 Å². The fraction of sp³-hybridized carbons (Fsp3) is 0.545. The van der Waals surface area contributed by atoms with Gasteiger partial charge in [0.1, 0.15) is 5.82 Å². The van der Waals surface area contributed by atoms with Crippen LogP contribution < -0.4 is 29.7 Å². The minimum absolute atomic E-state index is 0.404. The van der Waals surface area contributed by atoms with Crippen LogP contribution in [0, 0.1) is 0 Å². The first-order valence-corrected chi connectivity index (χ1v) is 10.3. The number of methoxy groups -OCH3 is 3. The lowest BCUT2D eigenvalue weighted by Crippen LogP contribution is -2.37. The SMILES string of the molecule is COc1cc(CNC2CCC(Nc3nccc(N(C)C)n3)CC2)cc(OC)c1OC. The maximum absolute atomic E-state index is 5.45. The first-order chi connectivity index (χ1) is 14.5. The summed E-state index contributed by atoms with van der Waals surface area (Å²) in [5.74, 6) is 3.60. The lowest BCUT2D eigenvalue weighted by molar-refractivity contribution is 0.322. The predicted octanol–water partition coefficient (Wildman–Crippen LogP) is 3.08. The molecule has 164 valence electrons. The van der Waals surface area contributed by atoms with E-state index >= 15 is 0 Å². The summed E-state index contributed by atoms with van der Waals surface area (Å²) in [4.78, 5) is 10.9. The monoisotopic (exact) mass is 415 g/mol. The average Bonchev–Trinajstić information content (AvgIpc) is 2.78. The van der Waals surface area contributed by atoms with Gasteiger partial charge in [0, 0.05) is 38.9 Å². The zero-order valence-corrected chi connectivity index (χ0v) is 18.6. The van der Waals surface area contributed by atoms with Crippen molar-refractivity contribution in [1.82, 2.24) is 15.3 Å². The van der Waals surface area contributed by atoms with Crippen molar-refractivity contribution in [1.29, 1.82) is 0 Å². The normalized spacial score (nSPS) is 18.6. The number of ether oxygens (including phenoxy) is 3. The van der Waals surface area contributed by atoms with E-state index in [0.29, 0.717) is 35.3 Å². The van der Waals surface area contributed by atoms with Crippen LogP contribution in [0.2, 0.25) is 0 Å². The smallest absolute Gasteiger partial charge is 0.224 e. The molecule has 2 N–H and O–H groups in total. The van der Waals surface area contributed by atoms with Crippen LogP contribution >= 0.6 is 0 Å². The first kappa shape index (κ1) is 22.0. The Morgan fingerprint density at radius 1 is 0.967 bits per heavy atom. The average molecular weight is 416 g/mol. The maximum Gasteiger partial charge on any atom is 0.224 e. The van der Waals surface area contributed by atoms with Crippen LogP contribution in [-0.4, -0.2) is 57.5 Å². The minimum Gasteiger partial charge on any atom is -0.493 e. The van der Waals surface area contributed by atoms with Crippen LogP contribution in [0.25, 0.3) is 0 Å². The number of anilines is 2. The van der Waals surface area contributed by atoms with Gasteiger partial charge in [-0.25, -0.2) is 4.98 Å². The van der Waals surface area contributed by atoms with E-state index in [1.54, 1.807) is 27.5 Å². The number of hydrogen-bond acceptors (Lipinski definition) is 8. The number of hydrogen-bond donors (Lipinski definition) is 2. The molecule has 0 radical (unpaired) electrons. The van der Waals surface area contributed by atoms with Gasteiger partial charge in [-0.1, -0.05) is 0 Å². The molecule has 1 heterocycles. The van der Waals surface area contributed by atoms with E-state index in [1.165, 1.54) is 0 Å². The van der Waals surface area contributed by atoms with Crippen LogP contribution in [0.5, 0.6) is 17.2 Å². The Bertz CT molecular complexity index is 797. The lowest BCUT2D eigenvalue weighted by Gasteiger charge is -2.30. The third kappa shape index (κ3) is 5.44. The molecule has 1 fully saturated rings. The van der Waals surface area contributed by atoms with Crippen molar-refractivity contribution in [3.63, 3.8) is 0 Å². The summed E-state index contributed by atoms with van der Waals surface area (Å²) in [6.45, 7) is 0.757. The van der Waals surface area contributed by atoms with Crippen molar-refractivity contribution in [2.75, 3.05) is 45.6 Å². The van der Waals surface area contributed by atoms with Crippen LogP contribution in [-0.2, 0) is 6.54 Å². The van der Waals surface area contributed by atoms with E-state index in [9.17, 15) is 0 Å². The van der Waals surface area contributed by atoms with Gasteiger partial charge in [-0.05, 0) is 49.4 Å². The van der Waals surface area contributed by atoms with E-state index in [-0.39, 0.29) is 0 Å². The highest BCUT2D eigenvalue weighted by Gasteiger charge is 2.22. The highest BCUT2D eigenvalue weighted by atomic mass is 16.5. The molecule has 1 saturated carbocycles. The summed E-state index contributed by atoms with van der Waals surface area (Å²) < 4.78 is 16.3. The van der Waals surface area contributed by atoms with Gasteiger partial charge in [0.2, 0.25) is 11.7 Å². The van der Waals surface area contributed by atoms with E-state index in [0.717, 1.165) is 43.6 Å². The summed E-state index contributed by atoms with van der Waals surface area (Å²) >= 11 is 0. The number of nitrogens with zero attached hydrogens (tertiary/aromatic N) is 3. The second-order valence-electron chi connectivity index (χ2n) is 7.74. The summed E-state index contributed by atoms with van der Waals surface area (Å²) in [6, 6.07) is 6.79. The van der Waals surface area contributed by atoms with Gasteiger partial charge in [0.05, 0.1) is 21.3 Å².